The fraction of sp³-hybridized carbons (Fsp3) is 0.412. The fourth-order valence-corrected chi connectivity index (χ4v) is 2.14. The molecule has 1 aromatic heterocycles. The molecule has 20 heavy (non-hydrogen) atoms. The first-order valence-electron chi connectivity index (χ1n) is 7.24. The van der Waals surface area contributed by atoms with Gasteiger partial charge in [0.1, 0.15) is 5.82 Å². The zero-order valence-electron chi connectivity index (χ0n) is 12.7. The Labute approximate surface area is 121 Å². The van der Waals surface area contributed by atoms with Crippen molar-refractivity contribution in [1.82, 2.24) is 10.2 Å². The molecule has 0 saturated carbocycles. The quantitative estimate of drug-likeness (QED) is 0.885. The lowest BCUT2D eigenvalue weighted by Crippen LogP contribution is -2.11. The Bertz CT molecular complexity index is 476. The Kier molecular flexibility index (Phi) is 4.72. The highest BCUT2D eigenvalue weighted by atomic mass is 15.2. The highest BCUT2D eigenvalue weighted by Gasteiger charge is 2.03. The van der Waals surface area contributed by atoms with Crippen molar-refractivity contribution in [2.45, 2.75) is 40.2 Å². The highest BCUT2D eigenvalue weighted by Crippen LogP contribution is 2.19. The Morgan fingerprint density at radius 1 is 0.900 bits per heavy atom. The topological polar surface area (TPSA) is 37.8 Å². The molecule has 0 bridgehead atoms. The Hall–Kier alpha value is -1.90. The van der Waals surface area contributed by atoms with Crippen molar-refractivity contribution >= 4 is 5.82 Å². The predicted molar refractivity (Wildman–Crippen MR) is 84.8 cm³/mol. The lowest BCUT2D eigenvalue weighted by atomic mass is 10.0. The second-order valence-corrected chi connectivity index (χ2v) is 5.90. The van der Waals surface area contributed by atoms with Gasteiger partial charge in [-0.2, -0.15) is 0 Å². The van der Waals surface area contributed by atoms with Crippen LogP contribution in [0, 0.1) is 5.92 Å². The van der Waals surface area contributed by atoms with Crippen molar-refractivity contribution in [2.24, 2.45) is 5.92 Å². The molecule has 0 aliphatic carbocycles. The number of aromatic nitrogens is 2. The average Bonchev–Trinajstić information content (AvgIpc) is 2.39. The lowest BCUT2D eigenvalue weighted by Gasteiger charge is -2.09. The first-order chi connectivity index (χ1) is 9.54. The van der Waals surface area contributed by atoms with Gasteiger partial charge in [0.15, 0.2) is 0 Å². The third-order valence-corrected chi connectivity index (χ3v) is 2.99. The van der Waals surface area contributed by atoms with Crippen LogP contribution in [0.4, 0.5) is 5.82 Å². The molecule has 0 radical (unpaired) electrons. The third kappa shape index (κ3) is 4.05. The predicted octanol–water partition coefficient (Wildman–Crippen LogP) is 4.16. The van der Waals surface area contributed by atoms with E-state index < -0.39 is 0 Å². The zero-order chi connectivity index (χ0) is 14.5. The summed E-state index contributed by atoms with van der Waals surface area (Å²) in [5.74, 6) is 1.50. The molecule has 0 unspecified atom stereocenters. The van der Waals surface area contributed by atoms with Crippen molar-refractivity contribution in [3.63, 3.8) is 0 Å². The normalized spacial score (nSPS) is 11.1. The number of nitrogens with zero attached hydrogens (tertiary/aromatic N) is 2. The van der Waals surface area contributed by atoms with Gasteiger partial charge >= 0.3 is 0 Å². The molecule has 2 rings (SSSR count). The molecule has 0 atom stereocenters. The van der Waals surface area contributed by atoms with Crippen LogP contribution in [0.2, 0.25) is 0 Å². The van der Waals surface area contributed by atoms with E-state index in [1.165, 1.54) is 5.56 Å². The summed E-state index contributed by atoms with van der Waals surface area (Å²) < 4.78 is 0. The molecule has 0 amide bonds. The number of benzene rings is 1. The molecule has 0 aliphatic rings. The number of hydrogen-bond acceptors (Lipinski definition) is 3. The summed E-state index contributed by atoms with van der Waals surface area (Å²) in [6, 6.07) is 13.0. The molecular weight excluding hydrogens is 246 g/mol. The molecule has 106 valence electrons. The number of nitrogens with one attached hydrogen (secondary N) is 1. The monoisotopic (exact) mass is 269 g/mol. The van der Waals surface area contributed by atoms with Gasteiger partial charge in [-0.05, 0) is 43.9 Å². The van der Waals surface area contributed by atoms with Crippen LogP contribution in [0.25, 0.3) is 11.3 Å². The third-order valence-electron chi connectivity index (χ3n) is 2.99. The average molecular weight is 269 g/mol. The van der Waals surface area contributed by atoms with E-state index in [9.17, 15) is 0 Å². The maximum atomic E-state index is 4.28. The lowest BCUT2D eigenvalue weighted by molar-refractivity contribution is 0.647. The summed E-state index contributed by atoms with van der Waals surface area (Å²) in [4.78, 5) is 0. The summed E-state index contributed by atoms with van der Waals surface area (Å²) in [7, 11) is 0. The number of anilines is 1. The van der Waals surface area contributed by atoms with E-state index in [1.54, 1.807) is 0 Å². The number of hydrogen-bond donors (Lipinski definition) is 1. The molecule has 3 nitrogen and oxygen atoms in total. The van der Waals surface area contributed by atoms with Crippen LogP contribution in [0.15, 0.2) is 36.4 Å². The second-order valence-electron chi connectivity index (χ2n) is 5.90. The second kappa shape index (κ2) is 6.51. The van der Waals surface area contributed by atoms with Crippen molar-refractivity contribution < 1.29 is 0 Å². The van der Waals surface area contributed by atoms with E-state index >= 15 is 0 Å². The van der Waals surface area contributed by atoms with Crippen molar-refractivity contribution in [3.8, 4) is 11.3 Å². The van der Waals surface area contributed by atoms with Gasteiger partial charge in [-0.3, -0.25) is 0 Å². The summed E-state index contributed by atoms with van der Waals surface area (Å²) in [5.41, 5.74) is 3.39. The van der Waals surface area contributed by atoms with Crippen molar-refractivity contribution in [1.29, 1.82) is 0 Å². The molecule has 0 fully saturated rings. The van der Waals surface area contributed by atoms with E-state index in [1.807, 2.05) is 12.1 Å². The molecular formula is C17H23N3. The number of rotatable bonds is 5. The Morgan fingerprint density at radius 3 is 2.10 bits per heavy atom. The molecule has 1 aromatic carbocycles. The van der Waals surface area contributed by atoms with Crippen LogP contribution in [0.5, 0.6) is 0 Å². The summed E-state index contributed by atoms with van der Waals surface area (Å²) >= 11 is 0. The van der Waals surface area contributed by atoms with Gasteiger partial charge in [0.2, 0.25) is 0 Å². The van der Waals surface area contributed by atoms with Crippen molar-refractivity contribution in [2.75, 3.05) is 5.32 Å². The van der Waals surface area contributed by atoms with E-state index in [4.69, 9.17) is 0 Å². The molecule has 1 N–H and O–H groups in total. The van der Waals surface area contributed by atoms with Gasteiger partial charge in [0, 0.05) is 11.6 Å². The minimum Gasteiger partial charge on any atom is -0.366 e. The smallest absolute Gasteiger partial charge is 0.148 e. The maximum absolute atomic E-state index is 4.28. The van der Waals surface area contributed by atoms with Crippen LogP contribution in [0.3, 0.4) is 0 Å². The molecule has 0 aliphatic heterocycles. The van der Waals surface area contributed by atoms with Crippen LogP contribution < -0.4 is 5.32 Å². The molecule has 2 aromatic rings. The van der Waals surface area contributed by atoms with Gasteiger partial charge in [0.05, 0.1) is 5.69 Å². The molecule has 0 spiro atoms. The summed E-state index contributed by atoms with van der Waals surface area (Å²) in [5, 5.41) is 11.7. The van der Waals surface area contributed by atoms with Crippen LogP contribution >= 0.6 is 0 Å². The van der Waals surface area contributed by atoms with Crippen LogP contribution in [0.1, 0.15) is 33.3 Å². The maximum Gasteiger partial charge on any atom is 0.148 e. The van der Waals surface area contributed by atoms with Gasteiger partial charge in [0.25, 0.3) is 0 Å². The Morgan fingerprint density at radius 2 is 1.60 bits per heavy atom. The fourth-order valence-electron chi connectivity index (χ4n) is 2.14. The van der Waals surface area contributed by atoms with Gasteiger partial charge in [-0.15, -0.1) is 10.2 Å². The summed E-state index contributed by atoms with van der Waals surface area (Å²) in [6.45, 7) is 8.64. The van der Waals surface area contributed by atoms with E-state index in [0.29, 0.717) is 12.0 Å². The van der Waals surface area contributed by atoms with E-state index in [0.717, 1.165) is 23.5 Å². The first kappa shape index (κ1) is 14.5. The highest BCUT2D eigenvalue weighted by molar-refractivity contribution is 5.59. The Balaban J connectivity index is 2.11. The first-order valence-corrected chi connectivity index (χ1v) is 7.24. The minimum absolute atomic E-state index is 0.366. The van der Waals surface area contributed by atoms with Gasteiger partial charge in [-0.1, -0.05) is 38.1 Å². The molecule has 0 saturated heterocycles. The SMILES string of the molecule is CC(C)Cc1ccc(-c2ccc(NC(C)C)nn2)cc1. The van der Waals surface area contributed by atoms with Gasteiger partial charge < -0.3 is 5.32 Å². The van der Waals surface area contributed by atoms with Crippen molar-refractivity contribution in [3.05, 3.63) is 42.0 Å². The zero-order valence-corrected chi connectivity index (χ0v) is 12.7. The standard InChI is InChI=1S/C17H23N3/c1-12(2)11-14-5-7-15(8-6-14)16-9-10-17(20-19-16)18-13(3)4/h5-10,12-13H,11H2,1-4H3,(H,18,20). The molecule has 3 heteroatoms. The van der Waals surface area contributed by atoms with Crippen LogP contribution in [-0.4, -0.2) is 16.2 Å². The minimum atomic E-state index is 0.366. The van der Waals surface area contributed by atoms with Gasteiger partial charge in [-0.25, -0.2) is 0 Å². The van der Waals surface area contributed by atoms with Crippen LogP contribution in [-0.2, 0) is 6.42 Å². The largest absolute Gasteiger partial charge is 0.366 e. The molecule has 1 heterocycles. The van der Waals surface area contributed by atoms with E-state index in [-0.39, 0.29) is 0 Å². The summed E-state index contributed by atoms with van der Waals surface area (Å²) in [6.07, 6.45) is 1.11. The van der Waals surface area contributed by atoms with E-state index in [2.05, 4.69) is 67.5 Å².